The molecule has 1 unspecified atom stereocenters. The highest BCUT2D eigenvalue weighted by molar-refractivity contribution is 8.00. The van der Waals surface area contributed by atoms with Crippen molar-refractivity contribution in [2.75, 3.05) is 5.32 Å². The zero-order chi connectivity index (χ0) is 22.8. The molecule has 0 aliphatic rings. The summed E-state index contributed by atoms with van der Waals surface area (Å²) in [5.74, 6) is 1.11. The van der Waals surface area contributed by atoms with Crippen LogP contribution in [0.3, 0.4) is 0 Å². The van der Waals surface area contributed by atoms with E-state index in [2.05, 4.69) is 34.3 Å². The molecule has 166 valence electrons. The number of halogens is 1. The number of aromatic nitrogens is 5. The molecular weight excluding hydrogens is 448 g/mol. The van der Waals surface area contributed by atoms with Gasteiger partial charge in [-0.3, -0.25) is 18.6 Å². The summed E-state index contributed by atoms with van der Waals surface area (Å²) in [5.41, 5.74) is 0.630. The summed E-state index contributed by atoms with van der Waals surface area (Å²) >= 11 is 7.12. The molecule has 1 N–H and O–H groups in total. The van der Waals surface area contributed by atoms with Crippen molar-refractivity contribution in [1.82, 2.24) is 24.1 Å². The first-order chi connectivity index (χ1) is 15.3. The Morgan fingerprint density at radius 1 is 1.16 bits per heavy atom. The van der Waals surface area contributed by atoms with Crippen LogP contribution in [0.5, 0.6) is 0 Å². The van der Waals surface area contributed by atoms with Crippen LogP contribution in [0.25, 0.3) is 16.7 Å². The van der Waals surface area contributed by atoms with Gasteiger partial charge in [0.2, 0.25) is 11.7 Å². The van der Waals surface area contributed by atoms with Gasteiger partial charge in [0.15, 0.2) is 5.16 Å². The number of aryl methyl sites for hydroxylation is 1. The second-order valence-corrected chi connectivity index (χ2v) is 9.63. The minimum atomic E-state index is -0.477. The smallest absolute Gasteiger partial charge is 0.262 e. The van der Waals surface area contributed by atoms with Crippen LogP contribution in [0, 0.1) is 5.92 Å². The molecular formula is C22H23ClN6O2S. The van der Waals surface area contributed by atoms with Crippen molar-refractivity contribution in [2.45, 2.75) is 44.1 Å². The molecule has 3 aromatic heterocycles. The van der Waals surface area contributed by atoms with Crippen molar-refractivity contribution in [2.24, 2.45) is 5.92 Å². The van der Waals surface area contributed by atoms with E-state index < -0.39 is 5.25 Å². The molecule has 0 saturated carbocycles. The summed E-state index contributed by atoms with van der Waals surface area (Å²) in [6, 6.07) is 10.7. The number of pyridine rings is 1. The Morgan fingerprint density at radius 3 is 2.66 bits per heavy atom. The minimum absolute atomic E-state index is 0.0858. The van der Waals surface area contributed by atoms with E-state index in [-0.39, 0.29) is 11.5 Å². The van der Waals surface area contributed by atoms with Crippen LogP contribution in [-0.2, 0) is 11.3 Å². The number of hydrogen-bond donors (Lipinski definition) is 1. The van der Waals surface area contributed by atoms with Crippen LogP contribution in [-0.4, -0.2) is 35.3 Å². The topological polar surface area (TPSA) is 94.2 Å². The Labute approximate surface area is 194 Å². The lowest BCUT2D eigenvalue weighted by atomic mass is 10.1. The number of nitrogens with one attached hydrogen (secondary N) is 1. The van der Waals surface area contributed by atoms with E-state index in [1.807, 2.05) is 22.6 Å². The van der Waals surface area contributed by atoms with Crippen LogP contribution in [0.1, 0.15) is 27.2 Å². The third-order valence-electron chi connectivity index (χ3n) is 5.04. The lowest BCUT2D eigenvalue weighted by molar-refractivity contribution is -0.115. The summed E-state index contributed by atoms with van der Waals surface area (Å²) < 4.78 is 3.52. The van der Waals surface area contributed by atoms with Gasteiger partial charge in [0.25, 0.3) is 5.56 Å². The Hall–Kier alpha value is -2.91. The summed E-state index contributed by atoms with van der Waals surface area (Å²) in [7, 11) is 0. The number of fused-ring (bicyclic) bond motifs is 3. The number of carbonyl (C=O) groups is 1. The minimum Gasteiger partial charge on any atom is -0.310 e. The highest BCUT2D eigenvalue weighted by Crippen LogP contribution is 2.26. The molecule has 0 saturated heterocycles. The average Bonchev–Trinajstić information content (AvgIpc) is 3.18. The van der Waals surface area contributed by atoms with Crippen molar-refractivity contribution in [3.63, 3.8) is 0 Å². The van der Waals surface area contributed by atoms with Crippen LogP contribution in [0.4, 0.5) is 5.82 Å². The Balaban J connectivity index is 1.69. The second kappa shape index (κ2) is 9.30. The van der Waals surface area contributed by atoms with Crippen LogP contribution in [0.2, 0.25) is 5.02 Å². The van der Waals surface area contributed by atoms with E-state index in [0.29, 0.717) is 45.1 Å². The zero-order valence-electron chi connectivity index (χ0n) is 17.9. The van der Waals surface area contributed by atoms with E-state index in [9.17, 15) is 9.59 Å². The molecule has 1 amide bonds. The van der Waals surface area contributed by atoms with E-state index >= 15 is 0 Å². The average molecular weight is 471 g/mol. The third kappa shape index (κ3) is 4.49. The van der Waals surface area contributed by atoms with Crippen LogP contribution in [0.15, 0.2) is 52.5 Å². The number of benzene rings is 1. The fraction of sp³-hybridized carbons (Fsp3) is 0.318. The Morgan fingerprint density at radius 2 is 1.94 bits per heavy atom. The molecule has 1 atom stereocenters. The molecule has 0 spiro atoms. The first kappa shape index (κ1) is 22.3. The number of para-hydroxylation sites is 1. The zero-order valence-corrected chi connectivity index (χ0v) is 19.5. The van der Waals surface area contributed by atoms with Gasteiger partial charge in [0, 0.05) is 12.7 Å². The highest BCUT2D eigenvalue weighted by Gasteiger charge is 2.22. The van der Waals surface area contributed by atoms with E-state index in [1.54, 1.807) is 29.7 Å². The molecule has 8 nitrogen and oxygen atoms in total. The molecule has 0 aliphatic heterocycles. The molecule has 0 bridgehead atoms. The van der Waals surface area contributed by atoms with E-state index in [0.717, 1.165) is 6.42 Å². The third-order valence-corrected chi connectivity index (χ3v) is 6.30. The van der Waals surface area contributed by atoms with Crippen molar-refractivity contribution < 1.29 is 4.79 Å². The van der Waals surface area contributed by atoms with Gasteiger partial charge in [0.1, 0.15) is 5.82 Å². The van der Waals surface area contributed by atoms with Gasteiger partial charge in [-0.05, 0) is 43.5 Å². The molecule has 32 heavy (non-hydrogen) atoms. The summed E-state index contributed by atoms with van der Waals surface area (Å²) in [6.07, 6.45) is 2.32. The maximum atomic E-state index is 13.1. The SMILES string of the molecule is CC(C)CCn1c(=O)c2ccccc2n2c(SC(C)C(=O)Nc3ccc(Cl)cn3)nnc12. The van der Waals surface area contributed by atoms with E-state index in [1.165, 1.54) is 18.0 Å². The predicted molar refractivity (Wildman–Crippen MR) is 127 cm³/mol. The van der Waals surface area contributed by atoms with Gasteiger partial charge in [-0.1, -0.05) is 49.3 Å². The van der Waals surface area contributed by atoms with Crippen molar-refractivity contribution in [1.29, 1.82) is 0 Å². The fourth-order valence-corrected chi connectivity index (χ4v) is 4.26. The Kier molecular flexibility index (Phi) is 6.48. The molecule has 0 fully saturated rings. The lowest BCUT2D eigenvalue weighted by Crippen LogP contribution is -2.25. The quantitative estimate of drug-likeness (QED) is 0.405. The van der Waals surface area contributed by atoms with Gasteiger partial charge >= 0.3 is 0 Å². The number of amides is 1. The number of carbonyl (C=O) groups excluding carboxylic acids is 1. The molecule has 0 aliphatic carbocycles. The maximum absolute atomic E-state index is 13.1. The van der Waals surface area contributed by atoms with Crippen LogP contribution >= 0.6 is 23.4 Å². The summed E-state index contributed by atoms with van der Waals surface area (Å²) in [5, 5.41) is 12.6. The van der Waals surface area contributed by atoms with Gasteiger partial charge < -0.3 is 5.32 Å². The standard InChI is InChI=1S/C22H23ClN6O2S/c1-13(2)10-11-28-20(31)16-6-4-5-7-17(16)29-21(28)26-27-22(29)32-14(3)19(30)25-18-9-8-15(23)12-24-18/h4-9,12-14H,10-11H2,1-3H3,(H,24,25,30). The number of anilines is 1. The van der Waals surface area contributed by atoms with Gasteiger partial charge in [0.05, 0.1) is 21.2 Å². The number of rotatable bonds is 7. The molecule has 4 rings (SSSR count). The van der Waals surface area contributed by atoms with Gasteiger partial charge in [-0.2, -0.15) is 0 Å². The number of thioether (sulfide) groups is 1. The summed E-state index contributed by atoms with van der Waals surface area (Å²) in [6.45, 7) is 6.56. The maximum Gasteiger partial charge on any atom is 0.262 e. The summed E-state index contributed by atoms with van der Waals surface area (Å²) in [4.78, 5) is 29.9. The molecule has 3 heterocycles. The molecule has 10 heteroatoms. The Bertz CT molecular complexity index is 1330. The number of hydrogen-bond acceptors (Lipinski definition) is 6. The fourth-order valence-electron chi connectivity index (χ4n) is 3.29. The van der Waals surface area contributed by atoms with Crippen molar-refractivity contribution in [3.05, 3.63) is 58.0 Å². The first-order valence-electron chi connectivity index (χ1n) is 10.3. The van der Waals surface area contributed by atoms with Crippen LogP contribution < -0.4 is 10.9 Å². The predicted octanol–water partition coefficient (Wildman–Crippen LogP) is 4.26. The van der Waals surface area contributed by atoms with Gasteiger partial charge in [-0.15, -0.1) is 10.2 Å². The van der Waals surface area contributed by atoms with E-state index in [4.69, 9.17) is 11.6 Å². The number of nitrogens with zero attached hydrogens (tertiary/aromatic N) is 5. The highest BCUT2D eigenvalue weighted by atomic mass is 35.5. The normalized spacial score (nSPS) is 12.5. The molecule has 4 aromatic rings. The van der Waals surface area contributed by atoms with Crippen molar-refractivity contribution in [3.8, 4) is 0 Å². The molecule has 0 radical (unpaired) electrons. The van der Waals surface area contributed by atoms with Gasteiger partial charge in [-0.25, -0.2) is 4.98 Å². The monoisotopic (exact) mass is 470 g/mol. The first-order valence-corrected chi connectivity index (χ1v) is 11.6. The second-order valence-electron chi connectivity index (χ2n) is 7.89. The molecule has 1 aromatic carbocycles. The van der Waals surface area contributed by atoms with Crippen molar-refractivity contribution >= 4 is 51.8 Å². The lowest BCUT2D eigenvalue weighted by Gasteiger charge is -2.13. The largest absolute Gasteiger partial charge is 0.310 e.